The predicted octanol–water partition coefficient (Wildman–Crippen LogP) is 2.84. The molecule has 0 N–H and O–H groups in total. The summed E-state index contributed by atoms with van der Waals surface area (Å²) in [6, 6.07) is 5.66. The first-order valence-electron chi connectivity index (χ1n) is 6.14. The number of hydrogen-bond donors (Lipinski definition) is 0. The molecule has 0 aliphatic heterocycles. The third-order valence-electron chi connectivity index (χ3n) is 2.89. The van der Waals surface area contributed by atoms with E-state index >= 15 is 0 Å². The average Bonchev–Trinajstić information content (AvgIpc) is 2.44. The lowest BCUT2D eigenvalue weighted by molar-refractivity contribution is -0.129. The molecule has 0 bridgehead atoms. The Kier molecular flexibility index (Phi) is 6.15. The Morgan fingerprint density at radius 3 is 2.58 bits per heavy atom. The molecule has 1 aromatic carbocycles. The maximum Gasteiger partial charge on any atom is 0.236 e. The second kappa shape index (κ2) is 7.38. The lowest BCUT2D eigenvalue weighted by atomic mass is 10.1. The van der Waals surface area contributed by atoms with Crippen molar-refractivity contribution in [2.45, 2.75) is 24.7 Å². The van der Waals surface area contributed by atoms with E-state index in [1.165, 1.54) is 0 Å². The van der Waals surface area contributed by atoms with E-state index in [1.54, 1.807) is 26.2 Å². The highest BCUT2D eigenvalue weighted by Gasteiger charge is 2.19. The standard InChI is InChI=1S/C14H20BrNO3/c1-5-11(15)14(17)16(2)9-10-7-6-8-12(18-3)13(10)19-4/h6-8,11H,5,9H2,1-4H3. The van der Waals surface area contributed by atoms with Gasteiger partial charge in [0, 0.05) is 19.2 Å². The second-order valence-corrected chi connectivity index (χ2v) is 5.33. The number of alkyl halides is 1. The van der Waals surface area contributed by atoms with Gasteiger partial charge in [-0.05, 0) is 12.5 Å². The van der Waals surface area contributed by atoms with Gasteiger partial charge in [-0.15, -0.1) is 0 Å². The smallest absolute Gasteiger partial charge is 0.236 e. The maximum absolute atomic E-state index is 12.0. The van der Waals surface area contributed by atoms with Gasteiger partial charge < -0.3 is 14.4 Å². The summed E-state index contributed by atoms with van der Waals surface area (Å²) < 4.78 is 10.6. The van der Waals surface area contributed by atoms with Crippen LogP contribution in [0.15, 0.2) is 18.2 Å². The second-order valence-electron chi connectivity index (χ2n) is 4.22. The number of carbonyl (C=O) groups excluding carboxylic acids is 1. The minimum Gasteiger partial charge on any atom is -0.493 e. The molecule has 5 heteroatoms. The molecule has 1 amide bonds. The molecule has 0 radical (unpaired) electrons. The molecule has 0 aromatic heterocycles. The van der Waals surface area contributed by atoms with E-state index in [0.717, 1.165) is 12.0 Å². The third-order valence-corrected chi connectivity index (χ3v) is 3.93. The Morgan fingerprint density at radius 1 is 1.37 bits per heavy atom. The fourth-order valence-electron chi connectivity index (χ4n) is 1.83. The van der Waals surface area contributed by atoms with Gasteiger partial charge in [0.15, 0.2) is 11.5 Å². The van der Waals surface area contributed by atoms with Gasteiger partial charge in [-0.3, -0.25) is 4.79 Å². The maximum atomic E-state index is 12.0. The molecule has 0 aliphatic carbocycles. The van der Waals surface area contributed by atoms with Crippen LogP contribution in [-0.2, 0) is 11.3 Å². The zero-order valence-electron chi connectivity index (χ0n) is 11.8. The van der Waals surface area contributed by atoms with E-state index in [0.29, 0.717) is 18.0 Å². The van der Waals surface area contributed by atoms with Gasteiger partial charge in [0.25, 0.3) is 0 Å². The van der Waals surface area contributed by atoms with Crippen molar-refractivity contribution in [3.8, 4) is 11.5 Å². The Hall–Kier alpha value is -1.23. The van der Waals surface area contributed by atoms with E-state index in [4.69, 9.17) is 9.47 Å². The van der Waals surface area contributed by atoms with Crippen molar-refractivity contribution in [1.29, 1.82) is 0 Å². The fraction of sp³-hybridized carbons (Fsp3) is 0.500. The van der Waals surface area contributed by atoms with Crippen molar-refractivity contribution in [3.63, 3.8) is 0 Å². The highest BCUT2D eigenvalue weighted by Crippen LogP contribution is 2.31. The minimum absolute atomic E-state index is 0.0624. The molecule has 0 saturated carbocycles. The van der Waals surface area contributed by atoms with Gasteiger partial charge >= 0.3 is 0 Å². The van der Waals surface area contributed by atoms with E-state index in [2.05, 4.69) is 15.9 Å². The topological polar surface area (TPSA) is 38.8 Å². The first-order valence-corrected chi connectivity index (χ1v) is 7.05. The van der Waals surface area contributed by atoms with Crippen LogP contribution in [0.4, 0.5) is 0 Å². The van der Waals surface area contributed by atoms with Gasteiger partial charge in [-0.2, -0.15) is 0 Å². The van der Waals surface area contributed by atoms with E-state index in [1.807, 2.05) is 25.1 Å². The first kappa shape index (κ1) is 15.8. The number of ether oxygens (including phenoxy) is 2. The summed E-state index contributed by atoms with van der Waals surface area (Å²) in [6.45, 7) is 2.46. The van der Waals surface area contributed by atoms with Gasteiger partial charge in [0.05, 0.1) is 19.0 Å². The summed E-state index contributed by atoms with van der Waals surface area (Å²) in [5, 5.41) is 0. The average molecular weight is 330 g/mol. The fourth-order valence-corrected chi connectivity index (χ4v) is 2.17. The van der Waals surface area contributed by atoms with Crippen molar-refractivity contribution >= 4 is 21.8 Å². The molecular formula is C14H20BrNO3. The highest BCUT2D eigenvalue weighted by atomic mass is 79.9. The number of hydrogen-bond acceptors (Lipinski definition) is 3. The summed E-state index contributed by atoms with van der Waals surface area (Å²) in [5.74, 6) is 1.41. The van der Waals surface area contributed by atoms with Gasteiger partial charge in [0.2, 0.25) is 5.91 Å². The monoisotopic (exact) mass is 329 g/mol. The molecular weight excluding hydrogens is 310 g/mol. The number of amides is 1. The van der Waals surface area contributed by atoms with E-state index < -0.39 is 0 Å². The Labute approximate surface area is 122 Å². The van der Waals surface area contributed by atoms with Crippen LogP contribution in [0.5, 0.6) is 11.5 Å². The lowest BCUT2D eigenvalue weighted by Crippen LogP contribution is -2.32. The molecule has 1 rings (SSSR count). The van der Waals surface area contributed by atoms with Crippen molar-refractivity contribution in [2.75, 3.05) is 21.3 Å². The number of methoxy groups -OCH3 is 2. The highest BCUT2D eigenvalue weighted by molar-refractivity contribution is 9.10. The third kappa shape index (κ3) is 3.86. The van der Waals surface area contributed by atoms with E-state index in [9.17, 15) is 4.79 Å². The molecule has 106 valence electrons. The molecule has 0 spiro atoms. The Bertz CT molecular complexity index is 437. The summed E-state index contributed by atoms with van der Waals surface area (Å²) in [5.41, 5.74) is 0.925. The molecule has 1 unspecified atom stereocenters. The summed E-state index contributed by atoms with van der Waals surface area (Å²) in [6.07, 6.45) is 0.762. The summed E-state index contributed by atoms with van der Waals surface area (Å²) in [7, 11) is 4.98. The number of benzene rings is 1. The van der Waals surface area contributed by atoms with Crippen LogP contribution >= 0.6 is 15.9 Å². The molecule has 1 atom stereocenters. The number of para-hydroxylation sites is 1. The molecule has 0 heterocycles. The first-order chi connectivity index (χ1) is 9.04. The molecule has 4 nitrogen and oxygen atoms in total. The van der Waals surface area contributed by atoms with Crippen LogP contribution in [-0.4, -0.2) is 36.9 Å². The van der Waals surface area contributed by atoms with Crippen molar-refractivity contribution in [2.24, 2.45) is 0 Å². The largest absolute Gasteiger partial charge is 0.493 e. The number of nitrogens with zero attached hydrogens (tertiary/aromatic N) is 1. The van der Waals surface area contributed by atoms with Crippen LogP contribution in [0.2, 0.25) is 0 Å². The van der Waals surface area contributed by atoms with Crippen molar-refractivity contribution < 1.29 is 14.3 Å². The Morgan fingerprint density at radius 2 is 2.05 bits per heavy atom. The number of carbonyl (C=O) groups is 1. The van der Waals surface area contributed by atoms with Crippen LogP contribution in [0.25, 0.3) is 0 Å². The van der Waals surface area contributed by atoms with Crippen molar-refractivity contribution in [1.82, 2.24) is 4.90 Å². The summed E-state index contributed by atoms with van der Waals surface area (Å²) >= 11 is 3.37. The summed E-state index contributed by atoms with van der Waals surface area (Å²) in [4.78, 5) is 13.6. The zero-order valence-corrected chi connectivity index (χ0v) is 13.4. The Balaban J connectivity index is 2.90. The normalized spacial score (nSPS) is 11.8. The van der Waals surface area contributed by atoms with Crippen LogP contribution in [0.3, 0.4) is 0 Å². The SMILES string of the molecule is CCC(Br)C(=O)N(C)Cc1cccc(OC)c1OC. The predicted molar refractivity (Wildman–Crippen MR) is 79.0 cm³/mol. The molecule has 0 saturated heterocycles. The molecule has 0 aliphatic rings. The van der Waals surface area contributed by atoms with Gasteiger partial charge in [-0.25, -0.2) is 0 Å². The van der Waals surface area contributed by atoms with Crippen LogP contribution < -0.4 is 9.47 Å². The molecule has 19 heavy (non-hydrogen) atoms. The zero-order chi connectivity index (χ0) is 14.4. The number of halogens is 1. The van der Waals surface area contributed by atoms with Crippen LogP contribution in [0.1, 0.15) is 18.9 Å². The van der Waals surface area contributed by atoms with Gasteiger partial charge in [-0.1, -0.05) is 35.0 Å². The lowest BCUT2D eigenvalue weighted by Gasteiger charge is -2.21. The van der Waals surface area contributed by atoms with Gasteiger partial charge in [0.1, 0.15) is 0 Å². The number of rotatable bonds is 6. The van der Waals surface area contributed by atoms with Crippen molar-refractivity contribution in [3.05, 3.63) is 23.8 Å². The quantitative estimate of drug-likeness (QED) is 0.753. The molecule has 1 aromatic rings. The molecule has 0 fully saturated rings. The minimum atomic E-state index is -0.144. The van der Waals surface area contributed by atoms with E-state index in [-0.39, 0.29) is 10.7 Å². The van der Waals surface area contributed by atoms with Crippen LogP contribution in [0, 0.1) is 0 Å².